The fourth-order valence-corrected chi connectivity index (χ4v) is 4.60. The third-order valence-electron chi connectivity index (χ3n) is 6.06. The molecule has 0 saturated heterocycles. The molecule has 1 saturated carbocycles. The first-order valence-corrected chi connectivity index (χ1v) is 10.3. The van der Waals surface area contributed by atoms with E-state index >= 15 is 0 Å². The van der Waals surface area contributed by atoms with Crippen LogP contribution in [0.1, 0.15) is 81.8 Å². The molecule has 1 fully saturated rings. The maximum absolute atomic E-state index is 11.3. The van der Waals surface area contributed by atoms with Crippen LogP contribution in [-0.2, 0) is 6.54 Å². The summed E-state index contributed by atoms with van der Waals surface area (Å²) in [5.41, 5.74) is 2.16. The summed E-state index contributed by atoms with van der Waals surface area (Å²) < 4.78 is 5.98. The van der Waals surface area contributed by atoms with Crippen molar-refractivity contribution < 1.29 is 9.84 Å². The molecule has 0 amide bonds. The van der Waals surface area contributed by atoms with E-state index in [0.717, 1.165) is 57.6 Å². The van der Waals surface area contributed by atoms with Gasteiger partial charge >= 0.3 is 0 Å². The number of fused-ring (bicyclic) bond motifs is 1. The molecule has 1 aromatic carbocycles. The lowest BCUT2D eigenvalue weighted by Gasteiger charge is -2.44. The maximum Gasteiger partial charge on any atom is 0.119 e. The average molecular weight is 346 g/mol. The highest BCUT2D eigenvalue weighted by Gasteiger charge is 2.41. The maximum atomic E-state index is 11.3. The van der Waals surface area contributed by atoms with Crippen LogP contribution in [0.5, 0.6) is 5.75 Å². The zero-order valence-corrected chi connectivity index (χ0v) is 16.1. The van der Waals surface area contributed by atoms with E-state index in [9.17, 15) is 5.11 Å². The number of nitrogens with zero attached hydrogens (tertiary/aromatic N) is 1. The quantitative estimate of drug-likeness (QED) is 0.716. The number of likely N-dealkylation sites (N-methyl/N-ethyl adjacent to an activating group) is 1. The van der Waals surface area contributed by atoms with E-state index in [4.69, 9.17) is 4.74 Å². The third-order valence-corrected chi connectivity index (χ3v) is 6.06. The molecule has 1 aromatic rings. The smallest absolute Gasteiger partial charge is 0.119 e. The molecule has 0 aromatic heterocycles. The first kappa shape index (κ1) is 18.7. The second kappa shape index (κ2) is 8.55. The molecule has 1 atom stereocenters. The summed E-state index contributed by atoms with van der Waals surface area (Å²) in [5.74, 6) is 1.22. The fourth-order valence-electron chi connectivity index (χ4n) is 4.60. The van der Waals surface area contributed by atoms with Crippen molar-refractivity contribution in [3.63, 3.8) is 0 Å². The second-order valence-corrected chi connectivity index (χ2v) is 8.18. The standard InChI is InChI=1S/C22H35NO2/c1-3-4-5-9-14-25-19-10-11-20-18(15-19)16-23(2)17-21(20)22(24)12-7-6-8-13-22/h10-11,15,21,24H,3-9,12-14,16-17H2,1-2H3. The van der Waals surface area contributed by atoms with Crippen LogP contribution in [0, 0.1) is 0 Å². The lowest BCUT2D eigenvalue weighted by atomic mass is 9.70. The summed E-state index contributed by atoms with van der Waals surface area (Å²) in [6.45, 7) is 4.95. The van der Waals surface area contributed by atoms with Crippen molar-refractivity contribution in [2.45, 2.75) is 82.8 Å². The predicted octanol–water partition coefficient (Wildman–Crippen LogP) is 4.87. The SMILES string of the molecule is CCCCCCOc1ccc2c(c1)CN(C)CC2C1(O)CCCCC1. The number of unbranched alkanes of at least 4 members (excludes halogenated alkanes) is 3. The Morgan fingerprint density at radius 2 is 1.96 bits per heavy atom. The van der Waals surface area contributed by atoms with E-state index < -0.39 is 5.60 Å². The van der Waals surface area contributed by atoms with Crippen LogP contribution in [0.3, 0.4) is 0 Å². The Morgan fingerprint density at radius 3 is 2.72 bits per heavy atom. The van der Waals surface area contributed by atoms with Crippen LogP contribution in [0.4, 0.5) is 0 Å². The number of rotatable bonds is 7. The van der Waals surface area contributed by atoms with Gasteiger partial charge in [-0.25, -0.2) is 0 Å². The molecule has 1 aliphatic heterocycles. The van der Waals surface area contributed by atoms with Gasteiger partial charge in [0.1, 0.15) is 5.75 Å². The van der Waals surface area contributed by atoms with E-state index in [0.29, 0.717) is 0 Å². The minimum atomic E-state index is -0.524. The summed E-state index contributed by atoms with van der Waals surface area (Å²) in [7, 11) is 2.17. The van der Waals surface area contributed by atoms with Crippen molar-refractivity contribution >= 4 is 0 Å². The Hall–Kier alpha value is -1.06. The minimum Gasteiger partial charge on any atom is -0.494 e. The molecule has 3 rings (SSSR count). The molecular weight excluding hydrogens is 310 g/mol. The zero-order valence-electron chi connectivity index (χ0n) is 16.1. The number of ether oxygens (including phenoxy) is 1. The Kier molecular flexibility index (Phi) is 6.40. The summed E-state index contributed by atoms with van der Waals surface area (Å²) in [6, 6.07) is 6.55. The fraction of sp³-hybridized carbons (Fsp3) is 0.727. The van der Waals surface area contributed by atoms with Gasteiger partial charge < -0.3 is 14.7 Å². The Balaban J connectivity index is 1.71. The number of hydrogen-bond donors (Lipinski definition) is 1. The lowest BCUT2D eigenvalue weighted by molar-refractivity contribution is -0.0333. The Morgan fingerprint density at radius 1 is 1.16 bits per heavy atom. The molecule has 2 aliphatic rings. The molecule has 0 radical (unpaired) electrons. The molecule has 1 N–H and O–H groups in total. The van der Waals surface area contributed by atoms with Crippen LogP contribution in [0.15, 0.2) is 18.2 Å². The molecule has 3 nitrogen and oxygen atoms in total. The molecule has 0 bridgehead atoms. The molecule has 1 unspecified atom stereocenters. The highest BCUT2D eigenvalue weighted by molar-refractivity contribution is 5.41. The van der Waals surface area contributed by atoms with Gasteiger partial charge in [0.25, 0.3) is 0 Å². The minimum absolute atomic E-state index is 0.236. The molecule has 25 heavy (non-hydrogen) atoms. The van der Waals surface area contributed by atoms with Gasteiger partial charge in [0, 0.05) is 19.0 Å². The first-order valence-electron chi connectivity index (χ1n) is 10.3. The largest absolute Gasteiger partial charge is 0.494 e. The van der Waals surface area contributed by atoms with Crippen molar-refractivity contribution in [1.29, 1.82) is 0 Å². The van der Waals surface area contributed by atoms with E-state index in [-0.39, 0.29) is 5.92 Å². The molecular formula is C22H35NO2. The highest BCUT2D eigenvalue weighted by atomic mass is 16.5. The summed E-state index contributed by atoms with van der Waals surface area (Å²) in [6.07, 6.45) is 10.4. The van der Waals surface area contributed by atoms with Crippen molar-refractivity contribution in [3.8, 4) is 5.75 Å². The Labute approximate surface area is 153 Å². The highest BCUT2D eigenvalue weighted by Crippen LogP contribution is 2.44. The number of aliphatic hydroxyl groups is 1. The van der Waals surface area contributed by atoms with Gasteiger partial charge in [0.2, 0.25) is 0 Å². The van der Waals surface area contributed by atoms with Gasteiger partial charge in [0.15, 0.2) is 0 Å². The first-order chi connectivity index (χ1) is 12.1. The molecule has 3 heteroatoms. The summed E-state index contributed by atoms with van der Waals surface area (Å²) >= 11 is 0. The summed E-state index contributed by atoms with van der Waals surface area (Å²) in [4.78, 5) is 2.35. The molecule has 1 heterocycles. The number of hydrogen-bond acceptors (Lipinski definition) is 3. The van der Waals surface area contributed by atoms with Crippen LogP contribution in [0.25, 0.3) is 0 Å². The van der Waals surface area contributed by atoms with E-state index in [1.54, 1.807) is 0 Å². The monoisotopic (exact) mass is 345 g/mol. The van der Waals surface area contributed by atoms with Crippen molar-refractivity contribution in [1.82, 2.24) is 4.90 Å². The van der Waals surface area contributed by atoms with Crippen LogP contribution < -0.4 is 4.74 Å². The van der Waals surface area contributed by atoms with Gasteiger partial charge in [-0.2, -0.15) is 0 Å². The molecule has 0 spiro atoms. The van der Waals surface area contributed by atoms with Gasteiger partial charge in [-0.1, -0.05) is 51.5 Å². The second-order valence-electron chi connectivity index (χ2n) is 8.18. The van der Waals surface area contributed by atoms with Crippen molar-refractivity contribution in [2.24, 2.45) is 0 Å². The number of benzene rings is 1. The Bertz CT molecular complexity index is 551. The van der Waals surface area contributed by atoms with Crippen LogP contribution in [0.2, 0.25) is 0 Å². The third kappa shape index (κ3) is 4.57. The topological polar surface area (TPSA) is 32.7 Å². The van der Waals surface area contributed by atoms with Crippen molar-refractivity contribution in [2.75, 3.05) is 20.2 Å². The van der Waals surface area contributed by atoms with Gasteiger partial charge in [-0.15, -0.1) is 0 Å². The normalized spacial score (nSPS) is 23.2. The van der Waals surface area contributed by atoms with Gasteiger partial charge in [-0.05, 0) is 49.6 Å². The van der Waals surface area contributed by atoms with E-state index in [1.807, 2.05) is 0 Å². The van der Waals surface area contributed by atoms with E-state index in [2.05, 4.69) is 37.1 Å². The average Bonchev–Trinajstić information content (AvgIpc) is 2.61. The van der Waals surface area contributed by atoms with Crippen molar-refractivity contribution in [3.05, 3.63) is 29.3 Å². The van der Waals surface area contributed by atoms with E-state index in [1.165, 1.54) is 36.8 Å². The van der Waals surface area contributed by atoms with Crippen LogP contribution in [-0.4, -0.2) is 35.8 Å². The van der Waals surface area contributed by atoms with Gasteiger partial charge in [0.05, 0.1) is 12.2 Å². The lowest BCUT2D eigenvalue weighted by Crippen LogP contribution is -2.46. The zero-order chi connectivity index (χ0) is 17.7. The molecule has 140 valence electrons. The summed E-state index contributed by atoms with van der Waals surface area (Å²) in [5, 5.41) is 11.3. The molecule has 1 aliphatic carbocycles. The predicted molar refractivity (Wildman–Crippen MR) is 103 cm³/mol. The van der Waals surface area contributed by atoms with Gasteiger partial charge in [-0.3, -0.25) is 0 Å². The van der Waals surface area contributed by atoms with Crippen LogP contribution >= 0.6 is 0 Å².